The van der Waals surface area contributed by atoms with E-state index in [1.165, 1.54) is 15.6 Å². The maximum atomic E-state index is 12.6. The van der Waals surface area contributed by atoms with Gasteiger partial charge in [-0.05, 0) is 0 Å². The molecule has 1 saturated carbocycles. The fourth-order valence-electron chi connectivity index (χ4n) is 3.81. The van der Waals surface area contributed by atoms with E-state index in [0.29, 0.717) is 11.7 Å². The van der Waals surface area contributed by atoms with Crippen molar-refractivity contribution in [3.05, 3.63) is 40.3 Å². The summed E-state index contributed by atoms with van der Waals surface area (Å²) in [6, 6.07) is 10.5. The predicted molar refractivity (Wildman–Crippen MR) is 84.3 cm³/mol. The number of carbonyl (C=O) groups excluding carboxylic acids is 1. The average Bonchev–Trinajstić information content (AvgIpc) is 2.92. The van der Waals surface area contributed by atoms with Crippen LogP contribution in [0.25, 0.3) is 10.0 Å². The van der Waals surface area contributed by atoms with Crippen LogP contribution in [0.3, 0.4) is 0 Å². The quantitative estimate of drug-likeness (QED) is 0.775. The Kier molecular flexibility index (Phi) is 2.76. The summed E-state index contributed by atoms with van der Waals surface area (Å²) >= 11 is 0.175. The minimum absolute atomic E-state index is 0.165. The average molecular weight is 345 g/mol. The summed E-state index contributed by atoms with van der Waals surface area (Å²) in [4.78, 5) is 12.6. The predicted octanol–water partition coefficient (Wildman–Crippen LogP) is 3.75. The van der Waals surface area contributed by atoms with Gasteiger partial charge in [-0.25, -0.2) is 0 Å². The molecule has 1 aromatic carbocycles. The van der Waals surface area contributed by atoms with Gasteiger partial charge in [-0.15, -0.1) is 0 Å². The number of ketones is 1. The molecule has 2 nitrogen and oxygen atoms in total. The Morgan fingerprint density at radius 2 is 1.90 bits per heavy atom. The van der Waals surface area contributed by atoms with Crippen LogP contribution in [0.15, 0.2) is 30.3 Å². The van der Waals surface area contributed by atoms with Gasteiger partial charge in [0.25, 0.3) is 0 Å². The first kappa shape index (κ1) is 13.4. The fourth-order valence-corrected chi connectivity index (χ4v) is 6.37. The summed E-state index contributed by atoms with van der Waals surface area (Å²) in [5, 5.41) is 0. The molecule has 0 amide bonds. The van der Waals surface area contributed by atoms with Gasteiger partial charge in [-0.2, -0.15) is 0 Å². The van der Waals surface area contributed by atoms with Crippen LogP contribution in [0.5, 0.6) is 5.75 Å². The van der Waals surface area contributed by atoms with Gasteiger partial charge in [0.1, 0.15) is 0 Å². The zero-order valence-electron chi connectivity index (χ0n) is 12.5. The molecule has 3 heteroatoms. The van der Waals surface area contributed by atoms with Crippen molar-refractivity contribution in [1.82, 2.24) is 0 Å². The Balaban J connectivity index is 1.77. The van der Waals surface area contributed by atoms with Crippen LogP contribution in [0.2, 0.25) is 0 Å². The number of rotatable bonds is 2. The molecule has 2 aromatic rings. The molecular formula is C18H18O2Se. The molecule has 0 saturated heterocycles. The summed E-state index contributed by atoms with van der Waals surface area (Å²) in [5.41, 5.74) is 2.74. The molecule has 1 aromatic heterocycles. The molecule has 108 valence electrons. The van der Waals surface area contributed by atoms with E-state index in [2.05, 4.69) is 32.0 Å². The van der Waals surface area contributed by atoms with Crippen molar-refractivity contribution in [2.45, 2.75) is 26.2 Å². The summed E-state index contributed by atoms with van der Waals surface area (Å²) in [7, 11) is 1.68. The van der Waals surface area contributed by atoms with Gasteiger partial charge < -0.3 is 0 Å². The monoisotopic (exact) mass is 346 g/mol. The van der Waals surface area contributed by atoms with Crippen molar-refractivity contribution in [2.75, 3.05) is 7.11 Å². The molecule has 1 heterocycles. The molecule has 3 aliphatic rings. The zero-order valence-corrected chi connectivity index (χ0v) is 14.2. The third-order valence-electron chi connectivity index (χ3n) is 5.32. The first-order valence-corrected chi connectivity index (χ1v) is 9.06. The van der Waals surface area contributed by atoms with Crippen LogP contribution in [0.1, 0.15) is 41.0 Å². The Labute approximate surface area is 130 Å². The first-order chi connectivity index (χ1) is 10.0. The first-order valence-electron chi connectivity index (χ1n) is 7.34. The van der Waals surface area contributed by atoms with Crippen molar-refractivity contribution >= 4 is 20.3 Å². The summed E-state index contributed by atoms with van der Waals surface area (Å²) in [5.74, 6) is 2.17. The van der Waals surface area contributed by atoms with Crippen LogP contribution in [-0.4, -0.2) is 27.4 Å². The van der Waals surface area contributed by atoms with E-state index in [9.17, 15) is 4.79 Å². The number of methoxy groups -OCH3 is 1. The second-order valence-corrected chi connectivity index (χ2v) is 8.86. The Morgan fingerprint density at radius 1 is 1.19 bits per heavy atom. The van der Waals surface area contributed by atoms with Crippen molar-refractivity contribution in [3.8, 4) is 15.8 Å². The van der Waals surface area contributed by atoms with Gasteiger partial charge >= 0.3 is 131 Å². The van der Waals surface area contributed by atoms with Crippen molar-refractivity contribution in [3.63, 3.8) is 0 Å². The summed E-state index contributed by atoms with van der Waals surface area (Å²) in [6.07, 6.45) is 1.06. The van der Waals surface area contributed by atoms with E-state index in [-0.39, 0.29) is 25.8 Å². The van der Waals surface area contributed by atoms with Crippen LogP contribution in [0, 0.1) is 11.3 Å². The van der Waals surface area contributed by atoms with E-state index in [1.807, 2.05) is 12.1 Å². The van der Waals surface area contributed by atoms with E-state index >= 15 is 0 Å². The number of Topliss-reactive ketones (excluding diaryl/α,β-unsaturated/α-hetero) is 1. The molecule has 5 rings (SSSR count). The Bertz CT molecular complexity index is 724. The van der Waals surface area contributed by atoms with Gasteiger partial charge in [0, 0.05) is 0 Å². The molecule has 3 aliphatic carbocycles. The second-order valence-electron chi connectivity index (χ2n) is 6.65. The number of hydrogen-bond acceptors (Lipinski definition) is 2. The molecule has 0 aliphatic heterocycles. The normalized spacial score (nSPS) is 25.2. The van der Waals surface area contributed by atoms with Gasteiger partial charge in [0.05, 0.1) is 0 Å². The van der Waals surface area contributed by atoms with Crippen molar-refractivity contribution < 1.29 is 9.53 Å². The van der Waals surface area contributed by atoms with E-state index < -0.39 is 0 Å². The SMILES string of the molecule is COc1ccc(-c2cc3c([se]2)C(=O)[C@H]2C[C@@H]3C2(C)C)cc1. The van der Waals surface area contributed by atoms with E-state index in [1.54, 1.807) is 7.11 Å². The fraction of sp³-hybridized carbons (Fsp3) is 0.389. The maximum absolute atomic E-state index is 12.6. The van der Waals surface area contributed by atoms with E-state index in [4.69, 9.17) is 4.74 Å². The molecule has 0 N–H and O–H groups in total. The Hall–Kier alpha value is -1.31. The van der Waals surface area contributed by atoms with Gasteiger partial charge in [-0.1, -0.05) is 0 Å². The molecule has 2 atom stereocenters. The van der Waals surface area contributed by atoms with Crippen LogP contribution < -0.4 is 4.74 Å². The molecule has 21 heavy (non-hydrogen) atoms. The summed E-state index contributed by atoms with van der Waals surface area (Å²) in [6.45, 7) is 4.50. The third kappa shape index (κ3) is 1.74. The van der Waals surface area contributed by atoms with Gasteiger partial charge in [0.2, 0.25) is 0 Å². The standard InChI is InChI=1S/C18H18O2Se/c1-18(2)13-9-14(18)16(19)17-12(13)8-15(21-17)10-4-6-11(20-3)7-5-10/h4-8,13-14H,9H2,1-3H3/t13-,14+/m0/s1. The number of benzene rings is 1. The summed E-state index contributed by atoms with van der Waals surface area (Å²) < 4.78 is 7.70. The van der Waals surface area contributed by atoms with Gasteiger partial charge in [-0.3, -0.25) is 0 Å². The molecule has 2 bridgehead atoms. The van der Waals surface area contributed by atoms with Crippen molar-refractivity contribution in [1.29, 1.82) is 0 Å². The zero-order chi connectivity index (χ0) is 14.8. The third-order valence-corrected chi connectivity index (χ3v) is 7.87. The van der Waals surface area contributed by atoms with Crippen molar-refractivity contribution in [2.24, 2.45) is 11.3 Å². The second kappa shape index (κ2) is 4.34. The molecule has 0 spiro atoms. The number of hydrogen-bond donors (Lipinski definition) is 0. The molecule has 0 radical (unpaired) electrons. The molecule has 0 unspecified atom stereocenters. The topological polar surface area (TPSA) is 26.3 Å². The van der Waals surface area contributed by atoms with Crippen LogP contribution in [0.4, 0.5) is 0 Å². The number of ether oxygens (including phenoxy) is 1. The molecule has 1 fully saturated rings. The number of carbonyl (C=O) groups is 1. The van der Waals surface area contributed by atoms with E-state index in [0.717, 1.165) is 16.6 Å². The molecular weight excluding hydrogens is 327 g/mol. The van der Waals surface area contributed by atoms with Crippen LogP contribution >= 0.6 is 0 Å². The minimum atomic E-state index is 0.165. The Morgan fingerprint density at radius 3 is 2.52 bits per heavy atom. The van der Waals surface area contributed by atoms with Crippen LogP contribution in [-0.2, 0) is 0 Å². The van der Waals surface area contributed by atoms with Gasteiger partial charge in [0.15, 0.2) is 0 Å².